The second-order valence-electron chi connectivity index (χ2n) is 7.69. The second kappa shape index (κ2) is 6.58. The van der Waals surface area contributed by atoms with Crippen LogP contribution in [0.1, 0.15) is 44.9 Å². The first-order chi connectivity index (χ1) is 14.0. The minimum absolute atomic E-state index is 0.0593. The van der Waals surface area contributed by atoms with Gasteiger partial charge in [0.15, 0.2) is 11.5 Å². The van der Waals surface area contributed by atoms with E-state index < -0.39 is 0 Å². The summed E-state index contributed by atoms with van der Waals surface area (Å²) in [5.74, 6) is -0.0936. The van der Waals surface area contributed by atoms with Crippen LogP contribution in [0.15, 0.2) is 42.5 Å². The summed E-state index contributed by atoms with van der Waals surface area (Å²) in [5, 5.41) is 4.41. The van der Waals surface area contributed by atoms with Gasteiger partial charge in [0.05, 0.1) is 0 Å². The van der Waals surface area contributed by atoms with E-state index in [2.05, 4.69) is 17.2 Å². The van der Waals surface area contributed by atoms with E-state index in [1.807, 2.05) is 31.2 Å². The maximum Gasteiger partial charge on any atom is 0.278 e. The molecule has 0 radical (unpaired) electrons. The molecule has 0 unspecified atom stereocenters. The Labute approximate surface area is 168 Å². The molecule has 29 heavy (non-hydrogen) atoms. The zero-order valence-electron chi connectivity index (χ0n) is 16.3. The van der Waals surface area contributed by atoms with E-state index in [-0.39, 0.29) is 11.7 Å². The first kappa shape index (κ1) is 17.7. The van der Waals surface area contributed by atoms with E-state index in [1.54, 1.807) is 15.6 Å². The molecule has 2 N–H and O–H groups in total. The Morgan fingerprint density at radius 3 is 2.69 bits per heavy atom. The summed E-state index contributed by atoms with van der Waals surface area (Å²) in [4.78, 5) is 27.1. The van der Waals surface area contributed by atoms with Gasteiger partial charge in [-0.3, -0.25) is 14.3 Å². The van der Waals surface area contributed by atoms with Gasteiger partial charge in [-0.05, 0) is 54.2 Å². The molecular formula is C23H22N4O2. The standard InChI is InChI=1S/C23H22N4O2/c1-14-15(5-2-7-18(14)24)16-6-3-8-20-17(16)10-12-26(20)23(29)19-13-21-22(28)9-4-11-27(21)25-19/h2-3,5-8,13H,4,9-12,24H2,1H3. The molecule has 0 saturated heterocycles. The lowest BCUT2D eigenvalue weighted by Crippen LogP contribution is -2.29. The van der Waals surface area contributed by atoms with Crippen molar-refractivity contribution in [1.82, 2.24) is 9.78 Å². The van der Waals surface area contributed by atoms with Gasteiger partial charge in [0, 0.05) is 37.0 Å². The Kier molecular flexibility index (Phi) is 4.01. The highest BCUT2D eigenvalue weighted by atomic mass is 16.2. The summed E-state index contributed by atoms with van der Waals surface area (Å²) >= 11 is 0. The van der Waals surface area contributed by atoms with Gasteiger partial charge in [0.25, 0.3) is 5.91 Å². The van der Waals surface area contributed by atoms with Gasteiger partial charge in [-0.1, -0.05) is 24.3 Å². The number of rotatable bonds is 2. The fourth-order valence-electron chi connectivity index (χ4n) is 4.41. The number of hydrogen-bond acceptors (Lipinski definition) is 4. The molecule has 1 amide bonds. The van der Waals surface area contributed by atoms with E-state index in [4.69, 9.17) is 5.73 Å². The monoisotopic (exact) mass is 386 g/mol. The largest absolute Gasteiger partial charge is 0.398 e. The Bertz CT molecular complexity index is 1160. The van der Waals surface area contributed by atoms with Crippen LogP contribution < -0.4 is 10.6 Å². The lowest BCUT2D eigenvalue weighted by Gasteiger charge is -2.17. The summed E-state index contributed by atoms with van der Waals surface area (Å²) in [5.41, 5.74) is 13.1. The molecular weight excluding hydrogens is 364 g/mol. The maximum absolute atomic E-state index is 13.2. The van der Waals surface area contributed by atoms with Gasteiger partial charge >= 0.3 is 0 Å². The second-order valence-corrected chi connectivity index (χ2v) is 7.69. The van der Waals surface area contributed by atoms with Crippen molar-refractivity contribution in [2.24, 2.45) is 0 Å². The highest BCUT2D eigenvalue weighted by Crippen LogP contribution is 2.38. The number of nitrogens with zero attached hydrogens (tertiary/aromatic N) is 3. The molecule has 146 valence electrons. The summed E-state index contributed by atoms with van der Waals surface area (Å²) in [7, 11) is 0. The third-order valence-corrected chi connectivity index (χ3v) is 6.00. The Hall–Kier alpha value is -3.41. The van der Waals surface area contributed by atoms with Crippen molar-refractivity contribution in [3.63, 3.8) is 0 Å². The smallest absolute Gasteiger partial charge is 0.278 e. The average molecular weight is 386 g/mol. The number of benzene rings is 2. The van der Waals surface area contributed by atoms with Crippen LogP contribution in [0.25, 0.3) is 11.1 Å². The van der Waals surface area contributed by atoms with Gasteiger partial charge in [-0.25, -0.2) is 0 Å². The summed E-state index contributed by atoms with van der Waals surface area (Å²) < 4.78 is 1.67. The number of carbonyl (C=O) groups is 2. The van der Waals surface area contributed by atoms with E-state index in [1.165, 1.54) is 0 Å². The number of nitrogens with two attached hydrogens (primary N) is 1. The molecule has 2 aliphatic heterocycles. The highest BCUT2D eigenvalue weighted by molar-refractivity contribution is 6.08. The molecule has 1 aromatic heterocycles. The number of hydrogen-bond donors (Lipinski definition) is 1. The van der Waals surface area contributed by atoms with Crippen molar-refractivity contribution in [2.75, 3.05) is 17.2 Å². The SMILES string of the molecule is Cc1c(N)cccc1-c1cccc2c1CCN2C(=O)c1cc2n(n1)CCCC2=O. The minimum atomic E-state index is -0.153. The van der Waals surface area contributed by atoms with Crippen LogP contribution in [0.5, 0.6) is 0 Å². The number of anilines is 2. The number of Topliss-reactive ketones (excluding diaryl/α,β-unsaturated/α-hetero) is 1. The first-order valence-corrected chi connectivity index (χ1v) is 9.95. The number of ketones is 1. The van der Waals surface area contributed by atoms with Crippen LogP contribution in [0.3, 0.4) is 0 Å². The predicted molar refractivity (Wildman–Crippen MR) is 112 cm³/mol. The lowest BCUT2D eigenvalue weighted by molar-refractivity contribution is 0.0948. The molecule has 2 aliphatic rings. The number of nitrogen functional groups attached to an aromatic ring is 1. The summed E-state index contributed by atoms with van der Waals surface area (Å²) in [6.07, 6.45) is 2.07. The van der Waals surface area contributed by atoms with E-state index >= 15 is 0 Å². The van der Waals surface area contributed by atoms with Crippen molar-refractivity contribution < 1.29 is 9.59 Å². The van der Waals surface area contributed by atoms with Gasteiger partial charge in [-0.15, -0.1) is 0 Å². The minimum Gasteiger partial charge on any atom is -0.398 e. The first-order valence-electron chi connectivity index (χ1n) is 9.95. The van der Waals surface area contributed by atoms with Crippen LogP contribution in [-0.2, 0) is 13.0 Å². The molecule has 0 saturated carbocycles. The quantitative estimate of drug-likeness (QED) is 0.682. The zero-order valence-corrected chi connectivity index (χ0v) is 16.3. The van der Waals surface area contributed by atoms with Crippen molar-refractivity contribution >= 4 is 23.1 Å². The fraction of sp³-hybridized carbons (Fsp3) is 0.261. The Balaban J connectivity index is 1.53. The Morgan fingerprint density at radius 2 is 1.86 bits per heavy atom. The molecule has 6 nitrogen and oxygen atoms in total. The van der Waals surface area contributed by atoms with E-state index in [0.29, 0.717) is 30.9 Å². The van der Waals surface area contributed by atoms with Crippen LogP contribution in [0.2, 0.25) is 0 Å². The van der Waals surface area contributed by atoms with E-state index in [9.17, 15) is 9.59 Å². The number of aryl methyl sites for hydroxylation is 1. The Morgan fingerprint density at radius 1 is 1.07 bits per heavy atom. The molecule has 6 heteroatoms. The van der Waals surface area contributed by atoms with Crippen molar-refractivity contribution in [2.45, 2.75) is 32.7 Å². The third-order valence-electron chi connectivity index (χ3n) is 6.00. The number of aromatic nitrogens is 2. The summed E-state index contributed by atoms with van der Waals surface area (Å²) in [6, 6.07) is 13.6. The highest BCUT2D eigenvalue weighted by Gasteiger charge is 2.31. The maximum atomic E-state index is 13.2. The van der Waals surface area contributed by atoms with Crippen molar-refractivity contribution in [3.8, 4) is 11.1 Å². The molecule has 0 spiro atoms. The van der Waals surface area contributed by atoms with Crippen LogP contribution in [-0.4, -0.2) is 28.0 Å². The van der Waals surface area contributed by atoms with Gasteiger partial charge in [0.2, 0.25) is 0 Å². The molecule has 3 aromatic rings. The number of carbonyl (C=O) groups excluding carboxylic acids is 2. The van der Waals surface area contributed by atoms with Crippen LogP contribution in [0.4, 0.5) is 11.4 Å². The predicted octanol–water partition coefficient (Wildman–Crippen LogP) is 3.62. The van der Waals surface area contributed by atoms with E-state index in [0.717, 1.165) is 46.5 Å². The zero-order chi connectivity index (χ0) is 20.1. The van der Waals surface area contributed by atoms with Gasteiger partial charge < -0.3 is 10.6 Å². The van der Waals surface area contributed by atoms with Crippen molar-refractivity contribution in [1.29, 1.82) is 0 Å². The lowest BCUT2D eigenvalue weighted by atomic mass is 9.94. The fourth-order valence-corrected chi connectivity index (χ4v) is 4.41. The van der Waals surface area contributed by atoms with Gasteiger partial charge in [0.1, 0.15) is 5.69 Å². The molecule has 0 aliphatic carbocycles. The molecule has 5 rings (SSSR count). The van der Waals surface area contributed by atoms with Gasteiger partial charge in [-0.2, -0.15) is 5.10 Å². The molecule has 3 heterocycles. The van der Waals surface area contributed by atoms with Crippen LogP contribution in [0, 0.1) is 6.92 Å². The average Bonchev–Trinajstić information content (AvgIpc) is 3.35. The molecule has 0 fully saturated rings. The van der Waals surface area contributed by atoms with Crippen LogP contribution >= 0.6 is 0 Å². The van der Waals surface area contributed by atoms with Crippen molar-refractivity contribution in [3.05, 3.63) is 65.0 Å². The third kappa shape index (κ3) is 2.75. The molecule has 0 atom stereocenters. The molecule has 0 bridgehead atoms. The topological polar surface area (TPSA) is 81.2 Å². The summed E-state index contributed by atoms with van der Waals surface area (Å²) in [6.45, 7) is 3.31. The number of amides is 1. The normalized spacial score (nSPS) is 15.3. The molecule has 2 aromatic carbocycles. The number of fused-ring (bicyclic) bond motifs is 2.